The lowest BCUT2D eigenvalue weighted by Crippen LogP contribution is -2.06. The third kappa shape index (κ3) is 3.09. The zero-order valence-corrected chi connectivity index (χ0v) is 12.1. The van der Waals surface area contributed by atoms with Gasteiger partial charge in [-0.3, -0.25) is 4.21 Å². The number of hydrogen-bond acceptors (Lipinski definition) is 4. The topological polar surface area (TPSA) is 35.5 Å². The van der Waals surface area contributed by atoms with E-state index in [1.54, 1.807) is 26.0 Å². The van der Waals surface area contributed by atoms with Gasteiger partial charge in [-0.2, -0.15) is 0 Å². The van der Waals surface area contributed by atoms with Crippen molar-refractivity contribution in [2.75, 3.05) is 25.7 Å². The molecule has 1 aliphatic rings. The van der Waals surface area contributed by atoms with Gasteiger partial charge in [-0.25, -0.2) is 0 Å². The van der Waals surface area contributed by atoms with E-state index in [4.69, 9.17) is 9.47 Å². The predicted octanol–water partition coefficient (Wildman–Crippen LogP) is 2.89. The van der Waals surface area contributed by atoms with E-state index in [9.17, 15) is 4.21 Å². The Morgan fingerprint density at radius 3 is 2.72 bits per heavy atom. The molecule has 1 atom stereocenters. The van der Waals surface area contributed by atoms with E-state index in [1.807, 2.05) is 24.3 Å². The van der Waals surface area contributed by atoms with Crippen LogP contribution >= 0.6 is 11.8 Å². The van der Waals surface area contributed by atoms with Crippen LogP contribution in [0.2, 0.25) is 0 Å². The zero-order valence-electron chi connectivity index (χ0n) is 10.5. The average Bonchev–Trinajstić information content (AvgIpc) is 2.41. The van der Waals surface area contributed by atoms with Crippen molar-refractivity contribution in [3.63, 3.8) is 0 Å². The summed E-state index contributed by atoms with van der Waals surface area (Å²) in [4.78, 5) is 0. The third-order valence-corrected chi connectivity index (χ3v) is 5.67. The van der Waals surface area contributed by atoms with E-state index in [0.29, 0.717) is 11.5 Å². The summed E-state index contributed by atoms with van der Waals surface area (Å²) in [5.41, 5.74) is 0.991. The molecular weight excluding hydrogens is 268 g/mol. The highest BCUT2D eigenvalue weighted by Gasteiger charge is 2.14. The molecule has 1 unspecified atom stereocenters. The lowest BCUT2D eigenvalue weighted by molar-refractivity contribution is 0.355. The minimum atomic E-state index is -0.842. The van der Waals surface area contributed by atoms with Gasteiger partial charge in [0, 0.05) is 5.75 Å². The third-order valence-electron chi connectivity index (χ3n) is 2.63. The molecule has 98 valence electrons. The second kappa shape index (κ2) is 6.29. The lowest BCUT2D eigenvalue weighted by atomic mass is 10.2. The molecule has 0 amide bonds. The number of hydrogen-bond donors (Lipinski definition) is 0. The maximum Gasteiger partial charge on any atom is 0.161 e. The lowest BCUT2D eigenvalue weighted by Gasteiger charge is -2.13. The van der Waals surface area contributed by atoms with Crippen molar-refractivity contribution in [2.24, 2.45) is 0 Å². The van der Waals surface area contributed by atoms with Gasteiger partial charge in [0.15, 0.2) is 11.5 Å². The largest absolute Gasteiger partial charge is 0.493 e. The molecular formula is C13H16O3S2. The van der Waals surface area contributed by atoms with E-state index >= 15 is 0 Å². The van der Waals surface area contributed by atoms with Crippen LogP contribution in [0, 0.1) is 0 Å². The smallest absolute Gasteiger partial charge is 0.161 e. The summed E-state index contributed by atoms with van der Waals surface area (Å²) in [6.45, 7) is 0. The van der Waals surface area contributed by atoms with Crippen molar-refractivity contribution in [2.45, 2.75) is 6.42 Å². The van der Waals surface area contributed by atoms with Crippen LogP contribution in [0.3, 0.4) is 0 Å². The molecule has 0 spiro atoms. The highest BCUT2D eigenvalue weighted by Crippen LogP contribution is 2.32. The van der Waals surface area contributed by atoms with Gasteiger partial charge in [0.1, 0.15) is 0 Å². The van der Waals surface area contributed by atoms with Gasteiger partial charge in [-0.05, 0) is 35.9 Å². The quantitative estimate of drug-likeness (QED) is 0.855. The van der Waals surface area contributed by atoms with E-state index in [0.717, 1.165) is 27.7 Å². The highest BCUT2D eigenvalue weighted by atomic mass is 32.2. The molecule has 1 heterocycles. The van der Waals surface area contributed by atoms with Crippen molar-refractivity contribution in [3.05, 3.63) is 28.0 Å². The van der Waals surface area contributed by atoms with Crippen LogP contribution in [0.5, 0.6) is 11.5 Å². The monoisotopic (exact) mass is 284 g/mol. The second-order valence-electron chi connectivity index (χ2n) is 3.83. The summed E-state index contributed by atoms with van der Waals surface area (Å²) in [6.07, 6.45) is 3.00. The Bertz CT molecular complexity index is 483. The molecule has 0 aromatic heterocycles. The van der Waals surface area contributed by atoms with E-state index in [-0.39, 0.29) is 0 Å². The molecule has 3 nitrogen and oxygen atoms in total. The van der Waals surface area contributed by atoms with Crippen LogP contribution in [0.4, 0.5) is 0 Å². The van der Waals surface area contributed by atoms with E-state index in [2.05, 4.69) is 0 Å². The van der Waals surface area contributed by atoms with Crippen LogP contribution in [0.25, 0.3) is 6.08 Å². The maximum absolute atomic E-state index is 11.8. The first-order valence-electron chi connectivity index (χ1n) is 5.69. The summed E-state index contributed by atoms with van der Waals surface area (Å²) in [5, 5.41) is 0. The van der Waals surface area contributed by atoms with Gasteiger partial charge < -0.3 is 9.47 Å². The molecule has 0 aliphatic carbocycles. The molecule has 0 N–H and O–H groups in total. The number of thioether (sulfide) groups is 1. The highest BCUT2D eigenvalue weighted by molar-refractivity contribution is 8.17. The summed E-state index contributed by atoms with van der Waals surface area (Å²) < 4.78 is 23.2. The van der Waals surface area contributed by atoms with Crippen LogP contribution in [-0.2, 0) is 10.8 Å². The van der Waals surface area contributed by atoms with E-state index < -0.39 is 10.8 Å². The summed E-state index contributed by atoms with van der Waals surface area (Å²) >= 11 is 1.68. The standard InChI is InChI=1S/C13H16O3S2/c1-15-11-5-4-10(8-12(11)16-2)9-13-17-6-3-7-18(13)14/h4-5,8-9H,3,6-7H2,1-2H3/b13-9-. The molecule has 2 rings (SSSR count). The maximum atomic E-state index is 11.8. The van der Waals surface area contributed by atoms with Crippen LogP contribution < -0.4 is 9.47 Å². The molecule has 0 radical (unpaired) electrons. The minimum Gasteiger partial charge on any atom is -0.493 e. The van der Waals surface area contributed by atoms with Gasteiger partial charge >= 0.3 is 0 Å². The second-order valence-corrected chi connectivity index (χ2v) is 6.76. The van der Waals surface area contributed by atoms with Crippen molar-refractivity contribution < 1.29 is 13.7 Å². The summed E-state index contributed by atoms with van der Waals surface area (Å²) in [6, 6.07) is 5.71. The molecule has 1 aromatic carbocycles. The van der Waals surface area contributed by atoms with Gasteiger partial charge in [0.05, 0.1) is 29.3 Å². The number of methoxy groups -OCH3 is 2. The van der Waals surface area contributed by atoms with E-state index in [1.165, 1.54) is 0 Å². The molecule has 1 aliphatic heterocycles. The molecule has 1 aromatic rings. The fraction of sp³-hybridized carbons (Fsp3) is 0.385. The molecule has 1 saturated heterocycles. The Balaban J connectivity index is 2.28. The average molecular weight is 284 g/mol. The summed E-state index contributed by atoms with van der Waals surface area (Å²) in [7, 11) is 2.38. The number of benzene rings is 1. The van der Waals surface area contributed by atoms with Crippen molar-refractivity contribution in [1.29, 1.82) is 0 Å². The fourth-order valence-corrected chi connectivity index (χ4v) is 4.51. The Hall–Kier alpha value is -0.940. The van der Waals surface area contributed by atoms with Gasteiger partial charge in [0.2, 0.25) is 0 Å². The SMILES string of the molecule is COc1ccc(/C=C2/SCCCS2=O)cc1OC. The van der Waals surface area contributed by atoms with Crippen LogP contribution in [0.1, 0.15) is 12.0 Å². The van der Waals surface area contributed by atoms with Crippen LogP contribution in [0.15, 0.2) is 22.4 Å². The first kappa shape index (κ1) is 13.5. The van der Waals surface area contributed by atoms with Crippen LogP contribution in [-0.4, -0.2) is 29.9 Å². The molecule has 18 heavy (non-hydrogen) atoms. The summed E-state index contributed by atoms with van der Waals surface area (Å²) in [5.74, 6) is 3.22. The van der Waals surface area contributed by atoms with Crippen molar-refractivity contribution in [3.8, 4) is 11.5 Å². The van der Waals surface area contributed by atoms with Gasteiger partial charge in [0.25, 0.3) is 0 Å². The Kier molecular flexibility index (Phi) is 4.72. The first-order chi connectivity index (χ1) is 8.74. The molecule has 0 bridgehead atoms. The molecule has 5 heteroatoms. The first-order valence-corrected chi connectivity index (χ1v) is 8.00. The Morgan fingerprint density at radius 1 is 1.28 bits per heavy atom. The number of ether oxygens (including phenoxy) is 2. The van der Waals surface area contributed by atoms with Gasteiger partial charge in [-0.1, -0.05) is 6.07 Å². The predicted molar refractivity (Wildman–Crippen MR) is 77.6 cm³/mol. The van der Waals surface area contributed by atoms with Crippen molar-refractivity contribution in [1.82, 2.24) is 0 Å². The molecule has 1 fully saturated rings. The Labute approximate surface area is 114 Å². The Morgan fingerprint density at radius 2 is 2.06 bits per heavy atom. The zero-order chi connectivity index (χ0) is 13.0. The van der Waals surface area contributed by atoms with Gasteiger partial charge in [-0.15, -0.1) is 11.8 Å². The normalized spacial score (nSPS) is 21.9. The minimum absolute atomic E-state index is 0.693. The molecule has 0 saturated carbocycles. The fourth-order valence-electron chi connectivity index (χ4n) is 1.72. The van der Waals surface area contributed by atoms with Crippen molar-refractivity contribution >= 4 is 28.6 Å². The number of rotatable bonds is 3.